The molecule has 1 aliphatic heterocycles. The van der Waals surface area contributed by atoms with Gasteiger partial charge in [-0.1, -0.05) is 0 Å². The van der Waals surface area contributed by atoms with Crippen molar-refractivity contribution in [1.29, 1.82) is 0 Å². The first kappa shape index (κ1) is 16.8. The molecule has 3 rings (SSSR count). The van der Waals surface area contributed by atoms with Crippen LogP contribution in [0.1, 0.15) is 23.2 Å². The highest BCUT2D eigenvalue weighted by atomic mass is 16.5. The van der Waals surface area contributed by atoms with E-state index in [9.17, 15) is 9.59 Å². The first-order chi connectivity index (χ1) is 12.1. The molecule has 1 aliphatic rings. The van der Waals surface area contributed by atoms with Crippen LogP contribution in [0.4, 0.5) is 11.4 Å². The van der Waals surface area contributed by atoms with Gasteiger partial charge in [-0.15, -0.1) is 0 Å². The molecule has 0 atom stereocenters. The first-order valence-corrected chi connectivity index (χ1v) is 8.06. The molecule has 0 radical (unpaired) electrons. The summed E-state index contributed by atoms with van der Waals surface area (Å²) in [6.45, 7) is 0.728. The summed E-state index contributed by atoms with van der Waals surface area (Å²) >= 11 is 0. The number of nitrogens with one attached hydrogen (secondary N) is 1. The predicted molar refractivity (Wildman–Crippen MR) is 95.5 cm³/mol. The van der Waals surface area contributed by atoms with E-state index in [1.807, 2.05) is 0 Å². The van der Waals surface area contributed by atoms with E-state index in [1.165, 1.54) is 0 Å². The van der Waals surface area contributed by atoms with Crippen molar-refractivity contribution in [3.8, 4) is 11.5 Å². The Labute approximate surface area is 146 Å². The number of benzene rings is 2. The van der Waals surface area contributed by atoms with Crippen LogP contribution >= 0.6 is 0 Å². The van der Waals surface area contributed by atoms with Gasteiger partial charge in [0, 0.05) is 30.3 Å². The Kier molecular flexibility index (Phi) is 4.88. The summed E-state index contributed by atoms with van der Waals surface area (Å²) in [6, 6.07) is 12.2. The molecule has 0 saturated carbocycles. The average Bonchev–Trinajstić information content (AvgIpc) is 3.07. The highest BCUT2D eigenvalue weighted by Crippen LogP contribution is 2.29. The van der Waals surface area contributed by atoms with Crippen molar-refractivity contribution < 1.29 is 19.1 Å². The van der Waals surface area contributed by atoms with E-state index in [4.69, 9.17) is 9.47 Å². The zero-order valence-corrected chi connectivity index (χ0v) is 14.2. The van der Waals surface area contributed by atoms with Gasteiger partial charge < -0.3 is 19.7 Å². The average molecular weight is 340 g/mol. The summed E-state index contributed by atoms with van der Waals surface area (Å²) in [4.78, 5) is 26.0. The molecule has 0 aliphatic carbocycles. The third-order valence-electron chi connectivity index (χ3n) is 4.17. The number of anilines is 2. The quantitative estimate of drug-likeness (QED) is 0.908. The minimum atomic E-state index is -0.258. The summed E-state index contributed by atoms with van der Waals surface area (Å²) in [5.74, 6) is 1.04. The standard InChI is InChI=1S/C19H20N2O4/c1-24-15-9-10-17(25-2)16(12-15)20-19(23)13-5-7-14(8-6-13)21-11-3-4-18(21)22/h5-10,12H,3-4,11H2,1-2H3,(H,20,23). The third-order valence-corrected chi connectivity index (χ3v) is 4.17. The Morgan fingerprint density at radius 1 is 1.08 bits per heavy atom. The van der Waals surface area contributed by atoms with Gasteiger partial charge in [-0.3, -0.25) is 9.59 Å². The van der Waals surface area contributed by atoms with Crippen molar-refractivity contribution in [2.45, 2.75) is 12.8 Å². The van der Waals surface area contributed by atoms with E-state index in [-0.39, 0.29) is 11.8 Å². The summed E-state index contributed by atoms with van der Waals surface area (Å²) in [7, 11) is 3.10. The number of amides is 2. The zero-order valence-electron chi connectivity index (χ0n) is 14.2. The molecule has 2 aromatic rings. The highest BCUT2D eigenvalue weighted by Gasteiger charge is 2.21. The molecule has 25 heavy (non-hydrogen) atoms. The van der Waals surface area contributed by atoms with E-state index in [0.717, 1.165) is 18.7 Å². The largest absolute Gasteiger partial charge is 0.497 e. The van der Waals surface area contributed by atoms with Crippen LogP contribution in [-0.2, 0) is 4.79 Å². The lowest BCUT2D eigenvalue weighted by Crippen LogP contribution is -2.23. The lowest BCUT2D eigenvalue weighted by molar-refractivity contribution is -0.117. The molecule has 0 aromatic heterocycles. The van der Waals surface area contributed by atoms with Gasteiger partial charge in [-0.25, -0.2) is 0 Å². The third kappa shape index (κ3) is 3.57. The van der Waals surface area contributed by atoms with Crippen LogP contribution in [0.2, 0.25) is 0 Å². The van der Waals surface area contributed by atoms with E-state index >= 15 is 0 Å². The Morgan fingerprint density at radius 3 is 2.44 bits per heavy atom. The maximum absolute atomic E-state index is 12.5. The Morgan fingerprint density at radius 2 is 1.84 bits per heavy atom. The molecular formula is C19H20N2O4. The van der Waals surface area contributed by atoms with Crippen LogP contribution in [0, 0.1) is 0 Å². The van der Waals surface area contributed by atoms with Gasteiger partial charge in [0.15, 0.2) is 0 Å². The van der Waals surface area contributed by atoms with Crippen molar-refractivity contribution >= 4 is 23.2 Å². The van der Waals surface area contributed by atoms with Crippen LogP contribution < -0.4 is 19.7 Å². The number of rotatable bonds is 5. The number of methoxy groups -OCH3 is 2. The van der Waals surface area contributed by atoms with Crippen LogP contribution in [0.15, 0.2) is 42.5 Å². The Bertz CT molecular complexity index is 787. The van der Waals surface area contributed by atoms with E-state index < -0.39 is 0 Å². The van der Waals surface area contributed by atoms with Crippen LogP contribution in [-0.4, -0.2) is 32.6 Å². The smallest absolute Gasteiger partial charge is 0.255 e. The van der Waals surface area contributed by atoms with E-state index in [2.05, 4.69) is 5.32 Å². The van der Waals surface area contributed by atoms with Gasteiger partial charge in [-0.2, -0.15) is 0 Å². The van der Waals surface area contributed by atoms with Gasteiger partial charge in [0.05, 0.1) is 19.9 Å². The second kappa shape index (κ2) is 7.25. The van der Waals surface area contributed by atoms with Gasteiger partial charge >= 0.3 is 0 Å². The predicted octanol–water partition coefficient (Wildman–Crippen LogP) is 3.08. The molecule has 1 N–H and O–H groups in total. The number of ether oxygens (including phenoxy) is 2. The van der Waals surface area contributed by atoms with Gasteiger partial charge in [-0.05, 0) is 42.8 Å². The van der Waals surface area contributed by atoms with Gasteiger partial charge in [0.2, 0.25) is 5.91 Å². The molecule has 2 amide bonds. The number of hydrogen-bond donors (Lipinski definition) is 1. The fourth-order valence-electron chi connectivity index (χ4n) is 2.82. The minimum Gasteiger partial charge on any atom is -0.497 e. The maximum Gasteiger partial charge on any atom is 0.255 e. The second-order valence-electron chi connectivity index (χ2n) is 5.72. The number of carbonyl (C=O) groups excluding carboxylic acids is 2. The molecule has 130 valence electrons. The Balaban J connectivity index is 1.76. The number of hydrogen-bond acceptors (Lipinski definition) is 4. The number of carbonyl (C=O) groups is 2. The molecule has 6 heteroatoms. The lowest BCUT2D eigenvalue weighted by atomic mass is 10.1. The Hall–Kier alpha value is -3.02. The monoisotopic (exact) mass is 340 g/mol. The molecule has 1 fully saturated rings. The molecule has 1 heterocycles. The van der Waals surface area contributed by atoms with Crippen molar-refractivity contribution in [3.63, 3.8) is 0 Å². The van der Waals surface area contributed by atoms with Crippen LogP contribution in [0.5, 0.6) is 11.5 Å². The van der Waals surface area contributed by atoms with Crippen molar-refractivity contribution in [1.82, 2.24) is 0 Å². The zero-order chi connectivity index (χ0) is 17.8. The van der Waals surface area contributed by atoms with Crippen molar-refractivity contribution in [2.24, 2.45) is 0 Å². The normalized spacial score (nSPS) is 13.7. The highest BCUT2D eigenvalue weighted by molar-refractivity contribution is 6.05. The van der Waals surface area contributed by atoms with E-state index in [0.29, 0.717) is 29.2 Å². The SMILES string of the molecule is COc1ccc(OC)c(NC(=O)c2ccc(N3CCCC3=O)cc2)c1. The van der Waals surface area contributed by atoms with Crippen LogP contribution in [0.25, 0.3) is 0 Å². The first-order valence-electron chi connectivity index (χ1n) is 8.06. The molecule has 0 spiro atoms. The van der Waals surface area contributed by atoms with Gasteiger partial charge in [0.25, 0.3) is 5.91 Å². The molecule has 2 aromatic carbocycles. The fourth-order valence-corrected chi connectivity index (χ4v) is 2.82. The minimum absolute atomic E-state index is 0.123. The molecular weight excluding hydrogens is 320 g/mol. The molecule has 0 bridgehead atoms. The summed E-state index contributed by atoms with van der Waals surface area (Å²) in [6.07, 6.45) is 1.45. The summed E-state index contributed by atoms with van der Waals surface area (Å²) in [5.41, 5.74) is 1.85. The van der Waals surface area contributed by atoms with Gasteiger partial charge in [0.1, 0.15) is 11.5 Å². The molecule has 0 unspecified atom stereocenters. The van der Waals surface area contributed by atoms with Crippen molar-refractivity contribution in [2.75, 3.05) is 31.0 Å². The number of nitrogens with zero attached hydrogens (tertiary/aromatic N) is 1. The second-order valence-corrected chi connectivity index (χ2v) is 5.72. The molecule has 1 saturated heterocycles. The molecule has 6 nitrogen and oxygen atoms in total. The lowest BCUT2D eigenvalue weighted by Gasteiger charge is -2.16. The van der Waals surface area contributed by atoms with Crippen molar-refractivity contribution in [3.05, 3.63) is 48.0 Å². The topological polar surface area (TPSA) is 67.9 Å². The summed E-state index contributed by atoms with van der Waals surface area (Å²) < 4.78 is 10.4. The maximum atomic E-state index is 12.5. The fraction of sp³-hybridized carbons (Fsp3) is 0.263. The summed E-state index contributed by atoms with van der Waals surface area (Å²) in [5, 5.41) is 2.83. The van der Waals surface area contributed by atoms with Crippen LogP contribution in [0.3, 0.4) is 0 Å². The van der Waals surface area contributed by atoms with E-state index in [1.54, 1.807) is 61.6 Å².